The molecule has 0 radical (unpaired) electrons. The molecule has 0 aliphatic carbocycles. The molecule has 5 atom stereocenters. The number of fused-ring (bicyclic) bond motifs is 3. The van der Waals surface area contributed by atoms with Gasteiger partial charge in [0.2, 0.25) is 0 Å². The van der Waals surface area contributed by atoms with E-state index in [1.807, 2.05) is 0 Å². The van der Waals surface area contributed by atoms with Crippen LogP contribution >= 0.6 is 49.6 Å². The van der Waals surface area contributed by atoms with E-state index in [1.165, 1.54) is 24.0 Å². The highest BCUT2D eigenvalue weighted by atomic mass is 32.2. The van der Waals surface area contributed by atoms with Crippen molar-refractivity contribution in [3.63, 3.8) is 0 Å². The van der Waals surface area contributed by atoms with Crippen LogP contribution in [0.4, 0.5) is 0 Å². The van der Waals surface area contributed by atoms with Crippen LogP contribution < -0.4 is 0 Å². The third-order valence-corrected chi connectivity index (χ3v) is 7.28. The third-order valence-electron chi connectivity index (χ3n) is 4.71. The number of piperazine rings is 1. The van der Waals surface area contributed by atoms with E-state index in [1.54, 1.807) is 13.8 Å². The highest BCUT2D eigenvalue weighted by Gasteiger charge is 2.68. The Balaban J connectivity index is 2.44. The molecule has 3 aliphatic rings. The Bertz CT molecular complexity index is 703. The first-order chi connectivity index (χ1) is 14.1. The van der Waals surface area contributed by atoms with Gasteiger partial charge in [-0.25, -0.2) is 19.4 Å². The molecule has 0 spiro atoms. The summed E-state index contributed by atoms with van der Waals surface area (Å²) in [5.41, 5.74) is 0. The second-order valence-electron chi connectivity index (χ2n) is 6.40. The zero-order valence-electron chi connectivity index (χ0n) is 16.7. The van der Waals surface area contributed by atoms with Gasteiger partial charge in [0.1, 0.15) is 23.1 Å². The number of methoxy groups -OCH3 is 2. The molecule has 10 nitrogen and oxygen atoms in total. The predicted molar refractivity (Wildman–Crippen MR) is 117 cm³/mol. The molecule has 0 aromatic carbocycles. The zero-order chi connectivity index (χ0) is 22.8. The van der Waals surface area contributed by atoms with Crippen molar-refractivity contribution < 1.29 is 38.4 Å². The molecule has 2 bridgehead atoms. The Hall–Kier alpha value is -0.800. The fourth-order valence-electron chi connectivity index (χ4n) is 3.34. The summed E-state index contributed by atoms with van der Waals surface area (Å²) in [5.74, 6) is -3.12. The summed E-state index contributed by atoms with van der Waals surface area (Å²) in [4.78, 5) is 62.5. The minimum absolute atomic E-state index is 0.361. The lowest BCUT2D eigenvalue weighted by Crippen LogP contribution is -2.78. The van der Waals surface area contributed by atoms with Crippen molar-refractivity contribution in [2.45, 2.75) is 59.2 Å². The van der Waals surface area contributed by atoms with E-state index in [4.69, 9.17) is 9.47 Å². The number of rotatable bonds is 8. The van der Waals surface area contributed by atoms with Gasteiger partial charge in [0.05, 0.1) is 0 Å². The van der Waals surface area contributed by atoms with E-state index >= 15 is 0 Å². The minimum atomic E-state index is -1.85. The van der Waals surface area contributed by atoms with Crippen LogP contribution in [0.1, 0.15) is 26.7 Å². The van der Waals surface area contributed by atoms with Crippen molar-refractivity contribution >= 4 is 73.4 Å². The molecular weight excluding hydrogens is 476 g/mol. The summed E-state index contributed by atoms with van der Waals surface area (Å²) in [5, 5.41) is -1.11. The lowest BCUT2D eigenvalue weighted by molar-refractivity contribution is -0.259. The Morgan fingerprint density at radius 1 is 1.03 bits per heavy atom. The summed E-state index contributed by atoms with van der Waals surface area (Å²) in [6.45, 7) is 3.57. The third kappa shape index (κ3) is 4.39. The number of thioether (sulfide) groups is 1. The van der Waals surface area contributed by atoms with Gasteiger partial charge in [-0.1, -0.05) is 25.6 Å². The van der Waals surface area contributed by atoms with Crippen LogP contribution in [0.3, 0.4) is 0 Å². The smallest absolute Gasteiger partial charge is 0.362 e. The summed E-state index contributed by atoms with van der Waals surface area (Å²) in [6, 6.07) is -1.38. The fourth-order valence-corrected chi connectivity index (χ4v) is 5.39. The first-order valence-electron chi connectivity index (χ1n) is 8.97. The van der Waals surface area contributed by atoms with Gasteiger partial charge >= 0.3 is 11.9 Å². The second kappa shape index (κ2) is 10.2. The largest absolute Gasteiger partial charge is 0.383 e. The number of amides is 2. The summed E-state index contributed by atoms with van der Waals surface area (Å²) in [7, 11) is 2.82. The van der Waals surface area contributed by atoms with Crippen LogP contribution in [0.25, 0.3) is 0 Å². The van der Waals surface area contributed by atoms with E-state index in [0.29, 0.717) is 12.8 Å². The van der Waals surface area contributed by atoms with Gasteiger partial charge in [-0.05, 0) is 12.8 Å². The molecule has 0 saturated carbocycles. The van der Waals surface area contributed by atoms with E-state index < -0.39 is 56.3 Å². The predicted octanol–water partition coefficient (Wildman–Crippen LogP) is 0.677. The van der Waals surface area contributed by atoms with Crippen LogP contribution in [-0.4, -0.2) is 80.3 Å². The number of carbonyl (C=O) groups is 4. The van der Waals surface area contributed by atoms with Gasteiger partial charge in [0, 0.05) is 14.2 Å². The van der Waals surface area contributed by atoms with Crippen LogP contribution in [-0.2, 0) is 38.4 Å². The number of hydrogen-bond acceptors (Lipinski definition) is 12. The molecular formula is C16H24N2O8S4. The normalized spacial score (nSPS) is 28.0. The molecule has 0 N–H and O–H groups in total. The molecule has 2 amide bonds. The quantitative estimate of drug-likeness (QED) is 0.192. The first-order valence-corrected chi connectivity index (χ1v) is 11.3. The van der Waals surface area contributed by atoms with Crippen molar-refractivity contribution in [2.75, 3.05) is 14.2 Å². The lowest BCUT2D eigenvalue weighted by Gasteiger charge is -2.57. The van der Waals surface area contributed by atoms with Crippen LogP contribution in [0, 0.1) is 0 Å². The van der Waals surface area contributed by atoms with Gasteiger partial charge in [-0.3, -0.25) is 19.4 Å². The topological polar surface area (TPSA) is 112 Å². The maximum absolute atomic E-state index is 13.4. The van der Waals surface area contributed by atoms with Crippen molar-refractivity contribution in [1.82, 2.24) is 9.80 Å². The number of thiol groups is 3. The van der Waals surface area contributed by atoms with Crippen LogP contribution in [0.5, 0.6) is 0 Å². The van der Waals surface area contributed by atoms with Crippen LogP contribution in [0.2, 0.25) is 0 Å². The molecule has 170 valence electrons. The van der Waals surface area contributed by atoms with Gasteiger partial charge < -0.3 is 9.47 Å². The van der Waals surface area contributed by atoms with Gasteiger partial charge in [-0.15, -0.1) is 12.6 Å². The van der Waals surface area contributed by atoms with Gasteiger partial charge in [0.25, 0.3) is 11.8 Å². The van der Waals surface area contributed by atoms with Crippen molar-refractivity contribution in [1.29, 1.82) is 0 Å². The molecule has 5 unspecified atom stereocenters. The number of hydrogen-bond donors (Lipinski definition) is 3. The summed E-state index contributed by atoms with van der Waals surface area (Å²) in [6.07, 6.45) is -0.666. The monoisotopic (exact) mass is 500 g/mol. The molecule has 3 aliphatic heterocycles. The molecule has 14 heteroatoms. The standard InChI is InChI=1S/C16H24N2O8S4/c1-5-7(23-3)17-9-10(19)18(8(6-2)24-4)12(11(17)20)30-16(9,29)15(22)26-25-13(21)14(27)28/h7-9,12,14,27-29H,5-6H2,1-4H3. The van der Waals surface area contributed by atoms with Crippen LogP contribution in [0.15, 0.2) is 0 Å². The van der Waals surface area contributed by atoms with Crippen molar-refractivity contribution in [3.05, 3.63) is 0 Å². The SMILES string of the molecule is CCC(OC)N1C(=O)C2N(C(CC)OC)C(=O)C1SC2(S)C(=O)OOC(=O)C(S)S. The van der Waals surface area contributed by atoms with E-state index in [2.05, 4.69) is 47.7 Å². The Labute approximate surface area is 194 Å². The fraction of sp³-hybridized carbons (Fsp3) is 0.750. The maximum Gasteiger partial charge on any atom is 0.383 e. The van der Waals surface area contributed by atoms with E-state index in [-0.39, 0.29) is 0 Å². The molecule has 3 fully saturated rings. The number of nitrogens with zero attached hydrogens (tertiary/aromatic N) is 2. The highest BCUT2D eigenvalue weighted by Crippen LogP contribution is 2.52. The minimum Gasteiger partial charge on any atom is -0.362 e. The highest BCUT2D eigenvalue weighted by molar-refractivity contribution is 8.13. The first kappa shape index (κ1) is 25.5. The second-order valence-corrected chi connectivity index (χ2v) is 10.2. The zero-order valence-corrected chi connectivity index (χ0v) is 20.2. The summed E-state index contributed by atoms with van der Waals surface area (Å²) < 4.78 is 7.73. The molecule has 30 heavy (non-hydrogen) atoms. The molecule has 3 heterocycles. The van der Waals surface area contributed by atoms with Crippen molar-refractivity contribution in [2.24, 2.45) is 0 Å². The average Bonchev–Trinajstić information content (AvgIpc) is 2.71. The summed E-state index contributed by atoms with van der Waals surface area (Å²) >= 11 is 12.8. The molecule has 3 saturated heterocycles. The molecule has 3 rings (SSSR count). The van der Waals surface area contributed by atoms with E-state index in [0.717, 1.165) is 11.8 Å². The number of carbonyl (C=O) groups excluding carboxylic acids is 4. The molecule has 0 aromatic heterocycles. The van der Waals surface area contributed by atoms with Gasteiger partial charge in [-0.2, -0.15) is 25.3 Å². The molecule has 0 aromatic rings. The maximum atomic E-state index is 13.4. The van der Waals surface area contributed by atoms with E-state index in [9.17, 15) is 19.2 Å². The van der Waals surface area contributed by atoms with Gasteiger partial charge in [0.15, 0.2) is 9.45 Å². The Morgan fingerprint density at radius 2 is 1.57 bits per heavy atom. The average molecular weight is 501 g/mol. The Kier molecular flexibility index (Phi) is 8.67. The number of ether oxygens (including phenoxy) is 2. The Morgan fingerprint density at radius 3 is 2.03 bits per heavy atom. The van der Waals surface area contributed by atoms with Crippen molar-refractivity contribution in [3.8, 4) is 0 Å². The lowest BCUT2D eigenvalue weighted by atomic mass is 10.0.